The van der Waals surface area contributed by atoms with Crippen molar-refractivity contribution in [3.63, 3.8) is 0 Å². The maximum Gasteiger partial charge on any atom is 0.251 e. The molecule has 1 aliphatic carbocycles. The minimum Gasteiger partial charge on any atom is -0.352 e. The fourth-order valence-corrected chi connectivity index (χ4v) is 4.49. The van der Waals surface area contributed by atoms with Gasteiger partial charge in [0.25, 0.3) is 5.95 Å². The second-order valence-corrected chi connectivity index (χ2v) is 8.41. The molecule has 0 saturated heterocycles. The van der Waals surface area contributed by atoms with Crippen LogP contribution in [0.25, 0.3) is 5.70 Å². The Morgan fingerprint density at radius 1 is 1.06 bits per heavy atom. The van der Waals surface area contributed by atoms with Gasteiger partial charge >= 0.3 is 0 Å². The molecule has 0 spiro atoms. The molecule has 7 nitrogen and oxygen atoms in total. The van der Waals surface area contributed by atoms with Crippen molar-refractivity contribution in [2.24, 2.45) is 0 Å². The van der Waals surface area contributed by atoms with E-state index in [1.54, 1.807) is 4.68 Å². The zero-order valence-corrected chi connectivity index (χ0v) is 17.7. The molecular weight excluding hydrogens is 412 g/mol. The van der Waals surface area contributed by atoms with Crippen LogP contribution in [0.4, 0.5) is 5.95 Å². The molecule has 1 amide bonds. The maximum atomic E-state index is 12.9. The van der Waals surface area contributed by atoms with Crippen LogP contribution in [0, 0.1) is 0 Å². The lowest BCUT2D eigenvalue weighted by molar-refractivity contribution is -0.120. The predicted octanol–water partition coefficient (Wildman–Crippen LogP) is 3.84. The number of nitrogens with one attached hydrogen (secondary N) is 1. The first-order chi connectivity index (χ1) is 15.2. The molecule has 8 heteroatoms. The molecule has 158 valence electrons. The molecule has 2 aliphatic rings. The minimum absolute atomic E-state index is 0.0283. The number of halogens is 1. The molecule has 1 saturated carbocycles. The first-order valence-electron chi connectivity index (χ1n) is 10.6. The highest BCUT2D eigenvalue weighted by Crippen LogP contribution is 2.36. The smallest absolute Gasteiger partial charge is 0.251 e. The molecule has 5 rings (SSSR count). The molecule has 1 aromatic heterocycles. The molecular formula is C23H23ClN6O. The summed E-state index contributed by atoms with van der Waals surface area (Å²) in [4.78, 5) is 14.8. The van der Waals surface area contributed by atoms with Gasteiger partial charge in [-0.2, -0.15) is 4.68 Å². The van der Waals surface area contributed by atoms with Crippen molar-refractivity contribution in [3.8, 4) is 0 Å². The molecule has 31 heavy (non-hydrogen) atoms. The summed E-state index contributed by atoms with van der Waals surface area (Å²) in [5, 5.41) is 16.3. The number of anilines is 1. The topological polar surface area (TPSA) is 75.9 Å². The second-order valence-electron chi connectivity index (χ2n) is 7.97. The van der Waals surface area contributed by atoms with Crippen LogP contribution < -0.4 is 10.2 Å². The number of allylic oxidation sites excluding steroid dienone is 1. The highest BCUT2D eigenvalue weighted by Gasteiger charge is 2.32. The Balaban J connectivity index is 1.53. The van der Waals surface area contributed by atoms with Crippen LogP contribution in [-0.4, -0.2) is 38.7 Å². The van der Waals surface area contributed by atoms with Crippen LogP contribution in [0.1, 0.15) is 42.9 Å². The van der Waals surface area contributed by atoms with Gasteiger partial charge in [0.1, 0.15) is 12.6 Å². The zero-order chi connectivity index (χ0) is 21.2. The lowest BCUT2D eigenvalue weighted by atomic mass is 10.0. The third-order valence-corrected chi connectivity index (χ3v) is 6.14. The van der Waals surface area contributed by atoms with E-state index in [0.717, 1.165) is 29.7 Å². The van der Waals surface area contributed by atoms with Gasteiger partial charge in [0.2, 0.25) is 5.91 Å². The predicted molar refractivity (Wildman–Crippen MR) is 120 cm³/mol. The van der Waals surface area contributed by atoms with E-state index < -0.39 is 0 Å². The number of aromatic nitrogens is 4. The van der Waals surface area contributed by atoms with E-state index in [0.29, 0.717) is 11.0 Å². The summed E-state index contributed by atoms with van der Waals surface area (Å²) >= 11 is 6.12. The average Bonchev–Trinajstić information content (AvgIpc) is 3.47. The van der Waals surface area contributed by atoms with Crippen LogP contribution >= 0.6 is 11.6 Å². The maximum absolute atomic E-state index is 12.9. The second kappa shape index (κ2) is 8.51. The van der Waals surface area contributed by atoms with Crippen molar-refractivity contribution in [1.82, 2.24) is 25.5 Å². The SMILES string of the molecule is O=C(CN1C(c2ccc(Cl)cc2)=C[C@@H](c2ccccc2)n2nnnc21)NC1CCCC1. The summed E-state index contributed by atoms with van der Waals surface area (Å²) in [6, 6.07) is 17.8. The van der Waals surface area contributed by atoms with Crippen molar-refractivity contribution in [1.29, 1.82) is 0 Å². The number of hydrogen-bond donors (Lipinski definition) is 1. The first kappa shape index (κ1) is 19.8. The van der Waals surface area contributed by atoms with Crippen molar-refractivity contribution >= 4 is 29.2 Å². The third-order valence-electron chi connectivity index (χ3n) is 5.89. The average molecular weight is 435 g/mol. The van der Waals surface area contributed by atoms with Gasteiger partial charge in [0.15, 0.2) is 0 Å². The monoisotopic (exact) mass is 434 g/mol. The Kier molecular flexibility index (Phi) is 5.42. The summed E-state index contributed by atoms with van der Waals surface area (Å²) in [7, 11) is 0. The lowest BCUT2D eigenvalue weighted by Gasteiger charge is -2.32. The van der Waals surface area contributed by atoms with Crippen LogP contribution in [0.3, 0.4) is 0 Å². The number of carbonyl (C=O) groups excluding carboxylic acids is 1. The van der Waals surface area contributed by atoms with E-state index >= 15 is 0 Å². The molecule has 1 N–H and O–H groups in total. The van der Waals surface area contributed by atoms with Crippen LogP contribution in [0.15, 0.2) is 60.7 Å². The number of benzene rings is 2. The van der Waals surface area contributed by atoms with Crippen molar-refractivity contribution in [2.75, 3.05) is 11.4 Å². The molecule has 1 atom stereocenters. The van der Waals surface area contributed by atoms with Gasteiger partial charge in [0, 0.05) is 11.1 Å². The number of amides is 1. The molecule has 0 unspecified atom stereocenters. The third kappa shape index (κ3) is 4.05. The highest BCUT2D eigenvalue weighted by atomic mass is 35.5. The summed E-state index contributed by atoms with van der Waals surface area (Å²) in [5.41, 5.74) is 2.90. The number of rotatable bonds is 5. The summed E-state index contributed by atoms with van der Waals surface area (Å²) < 4.78 is 1.76. The highest BCUT2D eigenvalue weighted by molar-refractivity contribution is 6.30. The van der Waals surface area contributed by atoms with Gasteiger partial charge in [-0.05, 0) is 52.6 Å². The number of nitrogens with zero attached hydrogens (tertiary/aromatic N) is 5. The molecule has 0 bridgehead atoms. The molecule has 3 aromatic rings. The fraction of sp³-hybridized carbons (Fsp3) is 0.304. The lowest BCUT2D eigenvalue weighted by Crippen LogP contribution is -2.42. The number of fused-ring (bicyclic) bond motifs is 1. The normalized spacial score (nSPS) is 18.5. The van der Waals surface area contributed by atoms with E-state index in [-0.39, 0.29) is 24.5 Å². The molecule has 1 aliphatic heterocycles. The van der Waals surface area contributed by atoms with Crippen LogP contribution in [0.2, 0.25) is 5.02 Å². The zero-order valence-electron chi connectivity index (χ0n) is 17.0. The first-order valence-corrected chi connectivity index (χ1v) is 10.9. The Morgan fingerprint density at radius 3 is 2.55 bits per heavy atom. The number of tetrazole rings is 1. The fourth-order valence-electron chi connectivity index (χ4n) is 4.37. The Morgan fingerprint density at radius 2 is 1.81 bits per heavy atom. The minimum atomic E-state index is -0.175. The molecule has 0 radical (unpaired) electrons. The molecule has 2 heterocycles. The van der Waals surface area contributed by atoms with Crippen molar-refractivity contribution in [2.45, 2.75) is 37.8 Å². The Labute approximate surface area is 185 Å². The molecule has 2 aromatic carbocycles. The summed E-state index contributed by atoms with van der Waals surface area (Å²) in [6.45, 7) is 0.146. The van der Waals surface area contributed by atoms with Gasteiger partial charge in [-0.25, -0.2) is 0 Å². The van der Waals surface area contributed by atoms with Crippen molar-refractivity contribution in [3.05, 3.63) is 76.8 Å². The van der Waals surface area contributed by atoms with E-state index in [4.69, 9.17) is 11.6 Å². The van der Waals surface area contributed by atoms with E-state index in [9.17, 15) is 4.79 Å². The van der Waals surface area contributed by atoms with Crippen LogP contribution in [-0.2, 0) is 4.79 Å². The standard InChI is InChI=1S/C23H23ClN6O/c24-18-12-10-17(11-13-18)20-14-21(16-6-2-1-3-7-16)30-23(26-27-28-30)29(20)15-22(31)25-19-8-4-5-9-19/h1-3,6-7,10-14,19,21H,4-5,8-9,15H2,(H,25,31)/t21-/m0/s1. The van der Waals surface area contributed by atoms with Gasteiger partial charge in [-0.15, -0.1) is 0 Å². The van der Waals surface area contributed by atoms with Crippen molar-refractivity contribution < 1.29 is 4.79 Å². The summed E-state index contributed by atoms with van der Waals surface area (Å²) in [6.07, 6.45) is 6.52. The molecule has 1 fully saturated rings. The van der Waals surface area contributed by atoms with Gasteiger partial charge < -0.3 is 5.32 Å². The van der Waals surface area contributed by atoms with Gasteiger partial charge in [0.05, 0.1) is 5.70 Å². The quantitative estimate of drug-likeness (QED) is 0.660. The van der Waals surface area contributed by atoms with Gasteiger partial charge in [-0.3, -0.25) is 9.69 Å². The number of carbonyl (C=O) groups is 1. The van der Waals surface area contributed by atoms with E-state index in [2.05, 4.69) is 39.1 Å². The van der Waals surface area contributed by atoms with E-state index in [1.807, 2.05) is 47.4 Å². The number of hydrogen-bond acceptors (Lipinski definition) is 5. The summed E-state index contributed by atoms with van der Waals surface area (Å²) in [5.74, 6) is 0.516. The Hall–Kier alpha value is -3.19. The Bertz CT molecular complexity index is 1090. The largest absolute Gasteiger partial charge is 0.352 e. The van der Waals surface area contributed by atoms with E-state index in [1.165, 1.54) is 12.8 Å². The van der Waals surface area contributed by atoms with Gasteiger partial charge in [-0.1, -0.05) is 72.0 Å². The van der Waals surface area contributed by atoms with Crippen LogP contribution in [0.5, 0.6) is 0 Å².